The van der Waals surface area contributed by atoms with Crippen molar-refractivity contribution in [1.29, 1.82) is 0 Å². The van der Waals surface area contributed by atoms with Crippen molar-refractivity contribution >= 4 is 39.5 Å². The zero-order valence-corrected chi connectivity index (χ0v) is 68.2. The molecule has 0 aromatic rings. The minimum atomic E-state index is -4.96. The van der Waals surface area contributed by atoms with E-state index in [0.29, 0.717) is 25.7 Å². The minimum Gasteiger partial charge on any atom is -0.462 e. The number of ether oxygens (including phenoxy) is 4. The van der Waals surface area contributed by atoms with Crippen LogP contribution >= 0.6 is 15.6 Å². The van der Waals surface area contributed by atoms with Crippen molar-refractivity contribution in [3.8, 4) is 0 Å². The molecule has 101 heavy (non-hydrogen) atoms. The van der Waals surface area contributed by atoms with E-state index in [0.717, 1.165) is 114 Å². The van der Waals surface area contributed by atoms with Gasteiger partial charge in [0.05, 0.1) is 26.4 Å². The van der Waals surface area contributed by atoms with Gasteiger partial charge in [-0.1, -0.05) is 376 Å². The number of rotatable bonds is 80. The molecule has 0 saturated carbocycles. The molecule has 0 aromatic heterocycles. The van der Waals surface area contributed by atoms with Crippen LogP contribution in [0.3, 0.4) is 0 Å². The average molecular weight is 1480 g/mol. The van der Waals surface area contributed by atoms with Crippen molar-refractivity contribution in [3.05, 3.63) is 0 Å². The standard InChI is InChI=1S/C82H160O17P2/c1-8-10-11-12-13-14-15-16-17-20-24-27-30-36-41-49-56-63-79(84)92-69-77(98-81(86)65-58-51-42-37-31-28-25-22-19-18-21-23-26-29-34-39-46-53-60-73(3)4)71-96-100(88,89)94-67-76(83)68-95-101(90,91)97-72-78(70-93-80(85)64-57-50-45-44-48-55-62-75(7)9-2)99-82(87)66-59-52-43-38-33-32-35-40-47-54-61-74(5)6/h73-78,83H,8-72H2,1-7H3,(H,88,89)(H,90,91)/t75?,76-,77-,78-/m1/s1. The van der Waals surface area contributed by atoms with Crippen LogP contribution < -0.4 is 0 Å². The highest BCUT2D eigenvalue weighted by molar-refractivity contribution is 7.47. The fourth-order valence-corrected chi connectivity index (χ4v) is 14.2. The summed E-state index contributed by atoms with van der Waals surface area (Å²) >= 11 is 0. The lowest BCUT2D eigenvalue weighted by Gasteiger charge is -2.21. The lowest BCUT2D eigenvalue weighted by Crippen LogP contribution is -2.30. The van der Waals surface area contributed by atoms with Gasteiger partial charge in [-0.3, -0.25) is 37.3 Å². The highest BCUT2D eigenvalue weighted by Crippen LogP contribution is 2.45. The van der Waals surface area contributed by atoms with Crippen LogP contribution in [0, 0.1) is 17.8 Å². The quantitative estimate of drug-likeness (QED) is 0.0222. The molecule has 0 saturated heterocycles. The molecule has 0 amide bonds. The van der Waals surface area contributed by atoms with Gasteiger partial charge in [0.25, 0.3) is 0 Å². The lowest BCUT2D eigenvalue weighted by atomic mass is 10.00. The Morgan fingerprint density at radius 1 is 0.287 bits per heavy atom. The third kappa shape index (κ3) is 74.7. The maximum atomic E-state index is 13.1. The van der Waals surface area contributed by atoms with Gasteiger partial charge in [0.1, 0.15) is 19.3 Å². The molecule has 0 bridgehead atoms. The molecule has 6 atom stereocenters. The van der Waals surface area contributed by atoms with Crippen molar-refractivity contribution in [2.75, 3.05) is 39.6 Å². The monoisotopic (exact) mass is 1480 g/mol. The Bertz CT molecular complexity index is 1960. The minimum absolute atomic E-state index is 0.105. The average Bonchev–Trinajstić information content (AvgIpc) is 0.920. The van der Waals surface area contributed by atoms with Crippen LogP contribution in [-0.4, -0.2) is 96.7 Å². The maximum Gasteiger partial charge on any atom is 0.472 e. The molecule has 0 rings (SSSR count). The lowest BCUT2D eigenvalue weighted by molar-refractivity contribution is -0.161. The molecule has 0 radical (unpaired) electrons. The predicted molar refractivity (Wildman–Crippen MR) is 414 cm³/mol. The van der Waals surface area contributed by atoms with Crippen LogP contribution in [0.15, 0.2) is 0 Å². The summed E-state index contributed by atoms with van der Waals surface area (Å²) in [5.74, 6) is 0.192. The van der Waals surface area contributed by atoms with Crippen LogP contribution in [0.5, 0.6) is 0 Å². The molecule has 3 unspecified atom stereocenters. The fourth-order valence-electron chi connectivity index (χ4n) is 12.6. The van der Waals surface area contributed by atoms with Crippen LogP contribution in [0.4, 0.5) is 0 Å². The summed E-state index contributed by atoms with van der Waals surface area (Å²) in [6, 6.07) is 0. The number of aliphatic hydroxyl groups is 1. The summed E-state index contributed by atoms with van der Waals surface area (Å²) in [5, 5.41) is 10.6. The second-order valence-electron chi connectivity index (χ2n) is 30.7. The highest BCUT2D eigenvalue weighted by Gasteiger charge is 2.30. The third-order valence-electron chi connectivity index (χ3n) is 19.5. The Morgan fingerprint density at radius 2 is 0.505 bits per heavy atom. The van der Waals surface area contributed by atoms with E-state index in [1.54, 1.807) is 0 Å². The van der Waals surface area contributed by atoms with Crippen LogP contribution in [0.1, 0.15) is 427 Å². The number of hydrogen-bond donors (Lipinski definition) is 3. The van der Waals surface area contributed by atoms with Gasteiger partial charge in [0, 0.05) is 25.7 Å². The Morgan fingerprint density at radius 3 is 0.752 bits per heavy atom. The van der Waals surface area contributed by atoms with Gasteiger partial charge < -0.3 is 33.8 Å². The number of phosphoric acid groups is 2. The zero-order chi connectivity index (χ0) is 74.4. The molecular weight excluding hydrogens is 1320 g/mol. The summed E-state index contributed by atoms with van der Waals surface area (Å²) in [7, 11) is -9.92. The van der Waals surface area contributed by atoms with Gasteiger partial charge in [-0.15, -0.1) is 0 Å². The molecule has 3 N–H and O–H groups in total. The Balaban J connectivity index is 5.23. The zero-order valence-electron chi connectivity index (χ0n) is 66.4. The van der Waals surface area contributed by atoms with Crippen molar-refractivity contribution in [1.82, 2.24) is 0 Å². The van der Waals surface area contributed by atoms with Crippen LogP contribution in [0.25, 0.3) is 0 Å². The van der Waals surface area contributed by atoms with E-state index in [9.17, 15) is 43.2 Å². The number of hydrogen-bond acceptors (Lipinski definition) is 15. The van der Waals surface area contributed by atoms with Crippen molar-refractivity contribution in [2.24, 2.45) is 17.8 Å². The van der Waals surface area contributed by atoms with E-state index in [4.69, 9.17) is 37.0 Å². The van der Waals surface area contributed by atoms with Crippen molar-refractivity contribution < 1.29 is 80.2 Å². The predicted octanol–water partition coefficient (Wildman–Crippen LogP) is 24.5. The Labute approximate surface area is 619 Å². The smallest absolute Gasteiger partial charge is 0.462 e. The Hall–Kier alpha value is -1.94. The number of aliphatic hydroxyl groups excluding tert-OH is 1. The van der Waals surface area contributed by atoms with E-state index in [1.165, 1.54) is 231 Å². The van der Waals surface area contributed by atoms with Gasteiger partial charge in [-0.2, -0.15) is 0 Å². The normalized spacial score (nSPS) is 14.2. The van der Waals surface area contributed by atoms with E-state index < -0.39 is 97.5 Å². The second kappa shape index (κ2) is 72.3. The fraction of sp³-hybridized carbons (Fsp3) is 0.951. The van der Waals surface area contributed by atoms with E-state index >= 15 is 0 Å². The number of phosphoric ester groups is 2. The van der Waals surface area contributed by atoms with Crippen LogP contribution in [0.2, 0.25) is 0 Å². The van der Waals surface area contributed by atoms with E-state index in [2.05, 4.69) is 48.5 Å². The highest BCUT2D eigenvalue weighted by atomic mass is 31.2. The summed E-state index contributed by atoms with van der Waals surface area (Å²) in [6.07, 6.45) is 61.2. The van der Waals surface area contributed by atoms with Gasteiger partial charge in [0.15, 0.2) is 12.2 Å². The SMILES string of the molecule is CCCCCCCCCCCCCCCCCCCC(=O)OC[C@H](COP(=O)(O)OC[C@@H](O)COP(=O)(O)OC[C@@H](COC(=O)CCCCCCCCC(C)CC)OC(=O)CCCCCCCCCCCCC(C)C)OC(=O)CCCCCCCCCCCCCCCCCCCCC(C)C. The maximum absolute atomic E-state index is 13.1. The summed E-state index contributed by atoms with van der Waals surface area (Å²) < 4.78 is 68.7. The molecule has 19 heteroatoms. The van der Waals surface area contributed by atoms with Gasteiger partial charge >= 0.3 is 39.5 Å². The first-order valence-electron chi connectivity index (χ1n) is 42.4. The van der Waals surface area contributed by atoms with Gasteiger partial charge in [-0.25, -0.2) is 9.13 Å². The van der Waals surface area contributed by atoms with E-state index in [1.807, 2.05) is 0 Å². The molecule has 0 heterocycles. The van der Waals surface area contributed by atoms with Gasteiger partial charge in [-0.05, 0) is 43.4 Å². The van der Waals surface area contributed by atoms with Crippen LogP contribution in [-0.2, 0) is 65.4 Å². The second-order valence-corrected chi connectivity index (χ2v) is 33.6. The van der Waals surface area contributed by atoms with Gasteiger partial charge in [0.2, 0.25) is 0 Å². The topological polar surface area (TPSA) is 237 Å². The third-order valence-corrected chi connectivity index (χ3v) is 21.4. The summed E-state index contributed by atoms with van der Waals surface area (Å²) in [4.78, 5) is 73.0. The number of carbonyl (C=O) groups excluding carboxylic acids is 4. The molecule has 600 valence electrons. The first-order chi connectivity index (χ1) is 48.8. The molecule has 0 spiro atoms. The number of esters is 4. The molecule has 0 fully saturated rings. The molecular formula is C82H160O17P2. The molecule has 0 aliphatic carbocycles. The number of carbonyl (C=O) groups is 4. The molecule has 17 nitrogen and oxygen atoms in total. The summed E-state index contributed by atoms with van der Waals surface area (Å²) in [6.45, 7) is 11.9. The van der Waals surface area contributed by atoms with Crippen molar-refractivity contribution in [3.63, 3.8) is 0 Å². The van der Waals surface area contributed by atoms with Crippen molar-refractivity contribution in [2.45, 2.75) is 446 Å². The van der Waals surface area contributed by atoms with E-state index in [-0.39, 0.29) is 25.7 Å². The largest absolute Gasteiger partial charge is 0.472 e. The molecule has 0 aliphatic heterocycles. The first kappa shape index (κ1) is 99.1. The first-order valence-corrected chi connectivity index (χ1v) is 45.4. The summed E-state index contributed by atoms with van der Waals surface area (Å²) in [5.41, 5.74) is 0. The Kier molecular flexibility index (Phi) is 70.9. The number of unbranched alkanes of at least 4 members (excludes halogenated alkanes) is 47. The molecule has 0 aliphatic rings. The molecule has 0 aromatic carbocycles.